The topological polar surface area (TPSA) is 77.9 Å². The number of halogens is 8. The highest BCUT2D eigenvalue weighted by Crippen LogP contribution is 2.35. The van der Waals surface area contributed by atoms with Crippen LogP contribution in [0.3, 0.4) is 0 Å². The van der Waals surface area contributed by atoms with Crippen LogP contribution in [-0.4, -0.2) is 25.5 Å². The zero-order valence-corrected chi connectivity index (χ0v) is 19.1. The second-order valence-corrected chi connectivity index (χ2v) is 8.07. The zero-order valence-electron chi connectivity index (χ0n) is 18.3. The molecule has 7 nitrogen and oxygen atoms in total. The van der Waals surface area contributed by atoms with Crippen molar-refractivity contribution in [1.82, 2.24) is 19.6 Å². The molecule has 3 aromatic heterocycles. The Morgan fingerprint density at radius 2 is 1.84 bits per heavy atom. The number of rotatable bonds is 8. The van der Waals surface area contributed by atoms with E-state index >= 15 is 0 Å². The minimum absolute atomic E-state index is 0.00416. The first kappa shape index (κ1) is 26.3. The van der Waals surface area contributed by atoms with Crippen molar-refractivity contribution >= 4 is 23.2 Å². The van der Waals surface area contributed by atoms with Crippen molar-refractivity contribution in [2.24, 2.45) is 0 Å². The molecule has 4 aromatic rings. The van der Waals surface area contributed by atoms with Crippen molar-refractivity contribution in [2.75, 3.05) is 5.32 Å². The summed E-state index contributed by atoms with van der Waals surface area (Å²) in [5.74, 6) is -1.01. The third-order valence-corrected chi connectivity index (χ3v) is 5.44. The van der Waals surface area contributed by atoms with Gasteiger partial charge in [-0.05, 0) is 29.8 Å². The Bertz CT molecular complexity index is 1410. The number of nitrogens with one attached hydrogen (secondary N) is 1. The van der Waals surface area contributed by atoms with Gasteiger partial charge in [0.05, 0.1) is 35.6 Å². The SMILES string of the molecule is O=C(Nc1cnn(Cc2cccc(C(F)(F)F)c2)c1)c1ccc(Cn2nc(C(F)F)c(Cl)c2C(F)F)o1. The van der Waals surface area contributed by atoms with Crippen LogP contribution in [0.1, 0.15) is 51.7 Å². The average molecular weight is 550 g/mol. The Morgan fingerprint density at radius 1 is 1.08 bits per heavy atom. The minimum atomic E-state index is -4.49. The van der Waals surface area contributed by atoms with Crippen molar-refractivity contribution in [3.05, 3.63) is 87.8 Å². The lowest BCUT2D eigenvalue weighted by Crippen LogP contribution is -2.11. The third kappa shape index (κ3) is 5.96. The van der Waals surface area contributed by atoms with Crippen molar-refractivity contribution < 1.29 is 39.9 Å². The van der Waals surface area contributed by atoms with Gasteiger partial charge in [0.25, 0.3) is 18.8 Å². The number of amides is 1. The van der Waals surface area contributed by atoms with Gasteiger partial charge in [0.15, 0.2) is 5.76 Å². The fourth-order valence-electron chi connectivity index (χ4n) is 3.41. The normalized spacial score (nSPS) is 12.1. The van der Waals surface area contributed by atoms with Gasteiger partial charge in [-0.3, -0.25) is 14.2 Å². The lowest BCUT2D eigenvalue weighted by atomic mass is 10.1. The highest BCUT2D eigenvalue weighted by molar-refractivity contribution is 6.32. The Kier molecular flexibility index (Phi) is 7.30. The van der Waals surface area contributed by atoms with Gasteiger partial charge in [0, 0.05) is 6.20 Å². The van der Waals surface area contributed by atoms with Crippen LogP contribution in [0.2, 0.25) is 5.02 Å². The number of aromatic nitrogens is 4. The van der Waals surface area contributed by atoms with Crippen LogP contribution in [0.4, 0.5) is 36.4 Å². The monoisotopic (exact) mass is 549 g/mol. The molecule has 0 radical (unpaired) electrons. The molecule has 196 valence electrons. The van der Waals surface area contributed by atoms with Crippen LogP contribution in [0.5, 0.6) is 0 Å². The number of hydrogen-bond donors (Lipinski definition) is 1. The Labute approximate surface area is 208 Å². The lowest BCUT2D eigenvalue weighted by Gasteiger charge is -2.08. The van der Waals surface area contributed by atoms with Gasteiger partial charge < -0.3 is 9.73 Å². The quantitative estimate of drug-likeness (QED) is 0.252. The van der Waals surface area contributed by atoms with E-state index in [9.17, 15) is 35.5 Å². The molecule has 0 fully saturated rings. The molecule has 1 amide bonds. The molecule has 37 heavy (non-hydrogen) atoms. The number of carbonyl (C=O) groups excluding carboxylic acids is 1. The first-order valence-corrected chi connectivity index (χ1v) is 10.7. The van der Waals surface area contributed by atoms with Crippen LogP contribution in [-0.2, 0) is 19.3 Å². The fourth-order valence-corrected chi connectivity index (χ4v) is 3.71. The fraction of sp³-hybridized carbons (Fsp3) is 0.227. The standard InChI is InChI=1S/C22H15ClF7N5O2/c23-16-17(19(24)25)33-35(18(16)20(26)27)10-14-4-5-15(37-14)21(36)32-13-7-31-34(9-13)8-11-2-1-3-12(6-11)22(28,29)30/h1-7,9,19-20H,8,10H2,(H,32,36). The van der Waals surface area contributed by atoms with Crippen molar-refractivity contribution in [1.29, 1.82) is 0 Å². The molecular formula is C22H15ClF7N5O2. The zero-order chi connectivity index (χ0) is 26.9. The van der Waals surface area contributed by atoms with E-state index in [0.29, 0.717) is 10.2 Å². The molecule has 0 saturated carbocycles. The minimum Gasteiger partial charge on any atom is -0.454 e. The molecule has 0 aliphatic heterocycles. The van der Waals surface area contributed by atoms with Crippen molar-refractivity contribution in [3.8, 4) is 0 Å². The Morgan fingerprint density at radius 3 is 2.51 bits per heavy atom. The summed E-state index contributed by atoms with van der Waals surface area (Å²) in [6, 6.07) is 7.21. The molecule has 0 atom stereocenters. The molecule has 0 spiro atoms. The number of carbonyl (C=O) groups is 1. The predicted molar refractivity (Wildman–Crippen MR) is 116 cm³/mol. The maximum Gasteiger partial charge on any atom is 0.416 e. The summed E-state index contributed by atoms with van der Waals surface area (Å²) in [5, 5.41) is 9.05. The molecule has 4 rings (SSSR count). The van der Waals surface area contributed by atoms with E-state index < -0.39 is 53.5 Å². The number of nitrogens with zero attached hydrogens (tertiary/aromatic N) is 4. The van der Waals surface area contributed by atoms with E-state index in [1.807, 2.05) is 0 Å². The molecular weight excluding hydrogens is 535 g/mol. The number of hydrogen-bond acceptors (Lipinski definition) is 4. The van der Waals surface area contributed by atoms with Gasteiger partial charge in [-0.1, -0.05) is 23.7 Å². The van der Waals surface area contributed by atoms with Crippen molar-refractivity contribution in [3.63, 3.8) is 0 Å². The summed E-state index contributed by atoms with van der Waals surface area (Å²) in [6.45, 7) is -0.488. The van der Waals surface area contributed by atoms with Crippen LogP contribution in [0.15, 0.2) is 53.2 Å². The van der Waals surface area contributed by atoms with E-state index in [1.54, 1.807) is 0 Å². The van der Waals surface area contributed by atoms with Gasteiger partial charge in [0.2, 0.25) is 0 Å². The van der Waals surface area contributed by atoms with E-state index in [4.69, 9.17) is 16.0 Å². The lowest BCUT2D eigenvalue weighted by molar-refractivity contribution is -0.137. The first-order valence-electron chi connectivity index (χ1n) is 10.3. The van der Waals surface area contributed by atoms with Crippen LogP contribution >= 0.6 is 11.6 Å². The third-order valence-electron chi connectivity index (χ3n) is 5.05. The Balaban J connectivity index is 1.43. The molecule has 0 unspecified atom stereocenters. The van der Waals surface area contributed by atoms with Gasteiger partial charge >= 0.3 is 6.18 Å². The van der Waals surface area contributed by atoms with E-state index in [-0.39, 0.29) is 23.8 Å². The number of alkyl halides is 7. The molecule has 1 aromatic carbocycles. The molecule has 3 heterocycles. The van der Waals surface area contributed by atoms with Gasteiger partial charge in [-0.25, -0.2) is 17.6 Å². The summed E-state index contributed by atoms with van der Waals surface area (Å²) in [4.78, 5) is 12.5. The smallest absolute Gasteiger partial charge is 0.416 e. The van der Waals surface area contributed by atoms with Crippen LogP contribution in [0, 0.1) is 0 Å². The highest BCUT2D eigenvalue weighted by atomic mass is 35.5. The van der Waals surface area contributed by atoms with E-state index in [0.717, 1.165) is 12.1 Å². The maximum atomic E-state index is 13.3. The highest BCUT2D eigenvalue weighted by Gasteiger charge is 2.30. The molecule has 0 aliphatic rings. The maximum absolute atomic E-state index is 13.3. The average Bonchev–Trinajstić information content (AvgIpc) is 3.53. The molecule has 0 aliphatic carbocycles. The Hall–Kier alpha value is -3.81. The second kappa shape index (κ2) is 10.3. The molecule has 1 N–H and O–H groups in total. The van der Waals surface area contributed by atoms with Crippen LogP contribution < -0.4 is 5.32 Å². The predicted octanol–water partition coefficient (Wildman–Crippen LogP) is 6.57. The summed E-state index contributed by atoms with van der Waals surface area (Å²) >= 11 is 5.62. The van der Waals surface area contributed by atoms with E-state index in [2.05, 4.69) is 15.5 Å². The van der Waals surface area contributed by atoms with E-state index in [1.165, 1.54) is 41.3 Å². The first-order chi connectivity index (χ1) is 17.4. The summed E-state index contributed by atoms with van der Waals surface area (Å²) in [5.41, 5.74) is -2.17. The number of anilines is 1. The van der Waals surface area contributed by atoms with Crippen LogP contribution in [0.25, 0.3) is 0 Å². The molecule has 0 bridgehead atoms. The van der Waals surface area contributed by atoms with Crippen molar-refractivity contribution in [2.45, 2.75) is 32.1 Å². The van der Waals surface area contributed by atoms with Gasteiger partial charge in [-0.2, -0.15) is 23.4 Å². The van der Waals surface area contributed by atoms with Gasteiger partial charge in [-0.15, -0.1) is 0 Å². The molecule has 0 saturated heterocycles. The summed E-state index contributed by atoms with van der Waals surface area (Å²) in [7, 11) is 0. The summed E-state index contributed by atoms with van der Waals surface area (Å²) < 4.78 is 98.5. The van der Waals surface area contributed by atoms with Gasteiger partial charge in [0.1, 0.15) is 17.1 Å². The largest absolute Gasteiger partial charge is 0.454 e. The second-order valence-electron chi connectivity index (χ2n) is 7.69. The number of benzene rings is 1. The number of furan rings is 1. The summed E-state index contributed by atoms with van der Waals surface area (Å²) in [6.07, 6.45) is -8.19. The molecule has 15 heteroatoms.